The summed E-state index contributed by atoms with van der Waals surface area (Å²) >= 11 is 6.01. The molecule has 4 aliphatic heterocycles. The van der Waals surface area contributed by atoms with E-state index in [1.54, 1.807) is 0 Å². The van der Waals surface area contributed by atoms with Gasteiger partial charge in [0.25, 0.3) is 0 Å². The van der Waals surface area contributed by atoms with Crippen LogP contribution in [0.15, 0.2) is 0 Å². The van der Waals surface area contributed by atoms with E-state index < -0.39 is 12.0 Å². The molecule has 160 valence electrons. The fraction of sp³-hybridized carbons (Fsp3) is 0.650. The molecule has 7 nitrogen and oxygen atoms in total. The third-order valence-electron chi connectivity index (χ3n) is 6.96. The zero-order chi connectivity index (χ0) is 20.5. The minimum atomic E-state index is -0.844. The normalized spacial score (nSPS) is 30.3. The van der Waals surface area contributed by atoms with Gasteiger partial charge < -0.3 is 14.4 Å². The summed E-state index contributed by atoms with van der Waals surface area (Å²) in [5.74, 6) is 0.114. The van der Waals surface area contributed by atoms with Crippen LogP contribution in [0.1, 0.15) is 32.1 Å². The molecule has 0 bridgehead atoms. The van der Waals surface area contributed by atoms with Gasteiger partial charge in [0.15, 0.2) is 11.0 Å². The van der Waals surface area contributed by atoms with E-state index >= 15 is 0 Å². The second-order valence-electron chi connectivity index (χ2n) is 8.74. The van der Waals surface area contributed by atoms with Gasteiger partial charge in [-0.25, -0.2) is 8.78 Å². The molecule has 0 spiro atoms. The molecule has 6 rings (SSSR count). The van der Waals surface area contributed by atoms with Crippen molar-refractivity contribution in [1.82, 2.24) is 19.9 Å². The first kappa shape index (κ1) is 18.7. The summed E-state index contributed by atoms with van der Waals surface area (Å²) in [6, 6.07) is 0.221. The van der Waals surface area contributed by atoms with Gasteiger partial charge in [-0.2, -0.15) is 15.0 Å². The first-order valence-corrected chi connectivity index (χ1v) is 10.9. The molecule has 0 radical (unpaired) electrons. The number of pyridine rings is 1. The molecule has 6 heterocycles. The molecule has 4 aliphatic rings. The van der Waals surface area contributed by atoms with E-state index in [9.17, 15) is 8.78 Å². The van der Waals surface area contributed by atoms with Crippen LogP contribution in [0.3, 0.4) is 0 Å². The Bertz CT molecular complexity index is 1030. The number of aromatic nitrogens is 3. The molecule has 10 heteroatoms. The predicted molar refractivity (Wildman–Crippen MR) is 107 cm³/mol. The van der Waals surface area contributed by atoms with Crippen molar-refractivity contribution in [2.45, 2.75) is 49.9 Å². The number of hydrogen-bond donors (Lipinski definition) is 0. The third-order valence-corrected chi connectivity index (χ3v) is 7.21. The van der Waals surface area contributed by atoms with Crippen molar-refractivity contribution in [1.29, 1.82) is 0 Å². The summed E-state index contributed by atoms with van der Waals surface area (Å²) < 4.78 is 40.8. The highest BCUT2D eigenvalue weighted by atomic mass is 35.5. The summed E-state index contributed by atoms with van der Waals surface area (Å²) in [6.07, 6.45) is 3.47. The van der Waals surface area contributed by atoms with E-state index in [2.05, 4.69) is 24.8 Å². The zero-order valence-corrected chi connectivity index (χ0v) is 17.2. The van der Waals surface area contributed by atoms with Crippen LogP contribution in [-0.2, 0) is 0 Å². The summed E-state index contributed by atoms with van der Waals surface area (Å²) in [6.45, 7) is 2.83. The predicted octanol–water partition coefficient (Wildman–Crippen LogP) is 3.13. The van der Waals surface area contributed by atoms with Gasteiger partial charge in [0.2, 0.25) is 5.88 Å². The number of alkyl halides is 1. The first-order chi connectivity index (χ1) is 14.5. The monoisotopic (exact) mass is 437 g/mol. The Balaban J connectivity index is 1.42. The molecule has 0 aromatic carbocycles. The Labute approximate surface area is 177 Å². The Morgan fingerprint density at radius 1 is 1.23 bits per heavy atom. The van der Waals surface area contributed by atoms with Crippen LogP contribution in [0.25, 0.3) is 10.9 Å². The van der Waals surface area contributed by atoms with Gasteiger partial charge in [-0.15, -0.1) is 0 Å². The SMILES string of the molecule is Fc1c(Cl)nc2c3c(nc(OC[C@@]45CCCN4C[C@H](F)C5)nc13)N1CCC[C@@H]1CO2. The van der Waals surface area contributed by atoms with Gasteiger partial charge in [-0.3, -0.25) is 4.90 Å². The Morgan fingerprint density at radius 2 is 2.13 bits per heavy atom. The van der Waals surface area contributed by atoms with Crippen LogP contribution in [0.2, 0.25) is 5.15 Å². The molecule has 2 aromatic rings. The number of fused-ring (bicyclic) bond motifs is 3. The second kappa shape index (κ2) is 6.75. The van der Waals surface area contributed by atoms with Gasteiger partial charge in [-0.1, -0.05) is 11.6 Å². The van der Waals surface area contributed by atoms with Gasteiger partial charge in [0.1, 0.15) is 36.1 Å². The van der Waals surface area contributed by atoms with Crippen LogP contribution in [0, 0.1) is 5.82 Å². The molecule has 0 aliphatic carbocycles. The number of halogens is 3. The van der Waals surface area contributed by atoms with Gasteiger partial charge in [0.05, 0.1) is 11.6 Å². The first-order valence-electron chi connectivity index (χ1n) is 10.5. The molecule has 0 N–H and O–H groups in total. The molecule has 30 heavy (non-hydrogen) atoms. The lowest BCUT2D eigenvalue weighted by Gasteiger charge is -2.31. The summed E-state index contributed by atoms with van der Waals surface area (Å²) in [7, 11) is 0. The van der Waals surface area contributed by atoms with Gasteiger partial charge in [-0.05, 0) is 32.2 Å². The molecule has 3 saturated heterocycles. The summed E-state index contributed by atoms with van der Waals surface area (Å²) in [5, 5.41) is 0.144. The highest BCUT2D eigenvalue weighted by molar-refractivity contribution is 6.30. The maximum Gasteiger partial charge on any atom is 0.319 e. The second-order valence-corrected chi connectivity index (χ2v) is 9.10. The fourth-order valence-electron chi connectivity index (χ4n) is 5.56. The van der Waals surface area contributed by atoms with E-state index in [0.29, 0.717) is 30.8 Å². The van der Waals surface area contributed by atoms with Gasteiger partial charge >= 0.3 is 6.01 Å². The molecular formula is C20H22ClF2N5O2. The van der Waals surface area contributed by atoms with Crippen molar-refractivity contribution in [3.8, 4) is 11.9 Å². The molecule has 0 unspecified atom stereocenters. The van der Waals surface area contributed by atoms with Crippen LogP contribution in [-0.4, -0.2) is 70.5 Å². The van der Waals surface area contributed by atoms with Crippen molar-refractivity contribution < 1.29 is 18.3 Å². The summed E-state index contributed by atoms with van der Waals surface area (Å²) in [5.41, 5.74) is -0.279. The van der Waals surface area contributed by atoms with Gasteiger partial charge in [0, 0.05) is 19.5 Å². The smallest absolute Gasteiger partial charge is 0.319 e. The van der Waals surface area contributed by atoms with Crippen LogP contribution in [0.5, 0.6) is 11.9 Å². The van der Waals surface area contributed by atoms with Crippen LogP contribution in [0.4, 0.5) is 14.6 Å². The van der Waals surface area contributed by atoms with Crippen molar-refractivity contribution in [3.05, 3.63) is 11.0 Å². The lowest BCUT2D eigenvalue weighted by molar-refractivity contribution is 0.107. The van der Waals surface area contributed by atoms with E-state index in [4.69, 9.17) is 21.1 Å². The van der Waals surface area contributed by atoms with Crippen LogP contribution >= 0.6 is 11.6 Å². The average Bonchev–Trinajstić information content (AvgIpc) is 3.39. The standard InChI is InChI=1S/C20H22ClF2N5O2/c21-16-14(23)15-13-17(28-6-1-3-12(28)9-29-18(13)25-16)26-19(24-15)30-10-20-4-2-5-27(20)8-11(22)7-20/h11-12H,1-10H2/t11-,12-,20+/m1/s1. The molecular weight excluding hydrogens is 416 g/mol. The van der Waals surface area contributed by atoms with E-state index in [-0.39, 0.29) is 40.7 Å². The highest BCUT2D eigenvalue weighted by Gasteiger charge is 2.49. The minimum Gasteiger partial charge on any atom is -0.475 e. The molecule has 2 aromatic heterocycles. The summed E-state index contributed by atoms with van der Waals surface area (Å²) in [4.78, 5) is 17.3. The molecule has 3 atom stereocenters. The van der Waals surface area contributed by atoms with E-state index in [1.165, 1.54) is 0 Å². The maximum atomic E-state index is 14.9. The van der Waals surface area contributed by atoms with Crippen LogP contribution < -0.4 is 14.4 Å². The Kier molecular flexibility index (Phi) is 4.22. The maximum absolute atomic E-state index is 14.9. The zero-order valence-electron chi connectivity index (χ0n) is 16.4. The fourth-order valence-corrected chi connectivity index (χ4v) is 5.73. The topological polar surface area (TPSA) is 63.6 Å². The minimum absolute atomic E-state index is 0.0492. The Hall–Kier alpha value is -2.00. The quantitative estimate of drug-likeness (QED) is 0.683. The number of rotatable bonds is 3. The molecule has 0 amide bonds. The third kappa shape index (κ3) is 2.74. The number of anilines is 1. The molecule has 0 saturated carbocycles. The lowest BCUT2D eigenvalue weighted by atomic mass is 9.95. The number of nitrogens with zero attached hydrogens (tertiary/aromatic N) is 5. The number of ether oxygens (including phenoxy) is 2. The van der Waals surface area contributed by atoms with Crippen molar-refractivity contribution in [2.75, 3.05) is 37.7 Å². The largest absolute Gasteiger partial charge is 0.475 e. The van der Waals surface area contributed by atoms with Crippen molar-refractivity contribution in [2.24, 2.45) is 0 Å². The van der Waals surface area contributed by atoms with Crippen molar-refractivity contribution >= 4 is 28.3 Å². The van der Waals surface area contributed by atoms with Crippen molar-refractivity contribution in [3.63, 3.8) is 0 Å². The average molecular weight is 438 g/mol. The lowest BCUT2D eigenvalue weighted by Crippen LogP contribution is -2.43. The highest BCUT2D eigenvalue weighted by Crippen LogP contribution is 2.43. The van der Waals surface area contributed by atoms with E-state index in [1.807, 2.05) is 0 Å². The van der Waals surface area contributed by atoms with E-state index in [0.717, 1.165) is 38.8 Å². The molecule has 3 fully saturated rings. The number of hydrogen-bond acceptors (Lipinski definition) is 7. The Morgan fingerprint density at radius 3 is 3.03 bits per heavy atom.